The molecule has 1 amide bonds. The van der Waals surface area contributed by atoms with Crippen molar-refractivity contribution in [3.63, 3.8) is 0 Å². The van der Waals surface area contributed by atoms with Crippen molar-refractivity contribution in [2.24, 2.45) is 11.7 Å². The minimum atomic E-state index is -1.06. The number of carboxylic acid groups (broad SMARTS) is 1. The number of hydrogen-bond donors (Lipinski definition) is 2. The maximum atomic E-state index is 11.9. The molecule has 6 nitrogen and oxygen atoms in total. The molecule has 0 aromatic heterocycles. The van der Waals surface area contributed by atoms with Crippen LogP contribution in [-0.4, -0.2) is 37.2 Å². The van der Waals surface area contributed by atoms with Crippen molar-refractivity contribution in [2.75, 3.05) is 25.1 Å². The second-order valence-electron chi connectivity index (χ2n) is 4.50. The van der Waals surface area contributed by atoms with Crippen LogP contribution >= 0.6 is 0 Å². The lowest BCUT2D eigenvalue weighted by molar-refractivity contribution is -0.117. The molecule has 0 spiro atoms. The predicted octanol–water partition coefficient (Wildman–Crippen LogP) is 0.705. The molecule has 1 aromatic rings. The second-order valence-corrected chi connectivity index (χ2v) is 4.50. The van der Waals surface area contributed by atoms with Crippen molar-refractivity contribution in [3.05, 3.63) is 23.8 Å². The van der Waals surface area contributed by atoms with E-state index in [1.807, 2.05) is 0 Å². The Morgan fingerprint density at radius 3 is 2.84 bits per heavy atom. The first-order valence-corrected chi connectivity index (χ1v) is 5.98. The van der Waals surface area contributed by atoms with Gasteiger partial charge in [-0.15, -0.1) is 0 Å². The van der Waals surface area contributed by atoms with E-state index in [-0.39, 0.29) is 23.1 Å². The lowest BCUT2D eigenvalue weighted by atomic mass is 10.1. The van der Waals surface area contributed by atoms with Crippen molar-refractivity contribution in [1.82, 2.24) is 0 Å². The Bertz CT molecular complexity index is 515. The summed E-state index contributed by atoms with van der Waals surface area (Å²) in [5.41, 5.74) is 6.29. The summed E-state index contributed by atoms with van der Waals surface area (Å²) >= 11 is 0. The second kappa shape index (κ2) is 5.27. The van der Waals surface area contributed by atoms with Gasteiger partial charge in [-0.3, -0.25) is 4.79 Å². The molecule has 0 bridgehead atoms. The minimum Gasteiger partial charge on any atom is -0.496 e. The van der Waals surface area contributed by atoms with Gasteiger partial charge in [0.2, 0.25) is 5.91 Å². The van der Waals surface area contributed by atoms with Crippen LogP contribution in [0.2, 0.25) is 0 Å². The first kappa shape index (κ1) is 13.4. The number of benzene rings is 1. The van der Waals surface area contributed by atoms with Crippen LogP contribution in [0.4, 0.5) is 5.69 Å². The third kappa shape index (κ3) is 2.53. The van der Waals surface area contributed by atoms with E-state index in [0.717, 1.165) is 0 Å². The normalized spacial score (nSPS) is 18.7. The number of aromatic carboxylic acids is 1. The number of carboxylic acids is 1. The molecule has 102 valence electrons. The van der Waals surface area contributed by atoms with Gasteiger partial charge in [-0.1, -0.05) is 0 Å². The fourth-order valence-corrected chi connectivity index (χ4v) is 2.21. The maximum Gasteiger partial charge on any atom is 0.339 e. The molecule has 0 aliphatic carbocycles. The van der Waals surface area contributed by atoms with E-state index in [2.05, 4.69) is 0 Å². The van der Waals surface area contributed by atoms with Crippen LogP contribution in [0.5, 0.6) is 5.75 Å². The van der Waals surface area contributed by atoms with E-state index in [9.17, 15) is 9.59 Å². The first-order chi connectivity index (χ1) is 9.06. The highest BCUT2D eigenvalue weighted by Crippen LogP contribution is 2.29. The molecule has 0 radical (unpaired) electrons. The van der Waals surface area contributed by atoms with Crippen molar-refractivity contribution in [3.8, 4) is 5.75 Å². The molecule has 1 saturated heterocycles. The molecule has 1 aliphatic heterocycles. The number of carbonyl (C=O) groups is 2. The average molecular weight is 264 g/mol. The number of amides is 1. The summed E-state index contributed by atoms with van der Waals surface area (Å²) in [6.07, 6.45) is 0.430. The highest BCUT2D eigenvalue weighted by Gasteiger charge is 2.30. The van der Waals surface area contributed by atoms with Gasteiger partial charge in [0.1, 0.15) is 11.3 Å². The fraction of sp³-hybridized carbons (Fsp3) is 0.385. The maximum absolute atomic E-state index is 11.9. The van der Waals surface area contributed by atoms with Gasteiger partial charge < -0.3 is 20.5 Å². The molecular weight excluding hydrogens is 248 g/mol. The lowest BCUT2D eigenvalue weighted by Gasteiger charge is -2.18. The van der Waals surface area contributed by atoms with Crippen LogP contribution in [0.15, 0.2) is 18.2 Å². The Morgan fingerprint density at radius 2 is 2.32 bits per heavy atom. The summed E-state index contributed by atoms with van der Waals surface area (Å²) in [6, 6.07) is 4.63. The van der Waals surface area contributed by atoms with E-state index in [1.165, 1.54) is 13.2 Å². The number of carbonyl (C=O) groups excluding carboxylic acids is 1. The standard InChI is InChI=1S/C13H16N2O4/c1-19-11-5-9(2-3-10(11)13(17)18)15-7-8(6-14)4-12(15)16/h2-3,5,8H,4,6-7,14H2,1H3,(H,17,18). The molecule has 6 heteroatoms. The first-order valence-electron chi connectivity index (χ1n) is 5.98. The summed E-state index contributed by atoms with van der Waals surface area (Å²) in [7, 11) is 1.40. The van der Waals surface area contributed by atoms with Crippen molar-refractivity contribution >= 4 is 17.6 Å². The number of methoxy groups -OCH3 is 1. The summed E-state index contributed by atoms with van der Waals surface area (Å²) in [6.45, 7) is 1.03. The van der Waals surface area contributed by atoms with Gasteiger partial charge in [0.05, 0.1) is 7.11 Å². The number of ether oxygens (including phenoxy) is 1. The molecule has 1 heterocycles. The van der Waals surface area contributed by atoms with Gasteiger partial charge in [0.25, 0.3) is 0 Å². The molecular formula is C13H16N2O4. The van der Waals surface area contributed by atoms with Gasteiger partial charge in [-0.25, -0.2) is 4.79 Å². The predicted molar refractivity (Wildman–Crippen MR) is 69.5 cm³/mol. The number of anilines is 1. The zero-order chi connectivity index (χ0) is 14.0. The van der Waals surface area contributed by atoms with Gasteiger partial charge in [-0.05, 0) is 24.6 Å². The fourth-order valence-electron chi connectivity index (χ4n) is 2.21. The van der Waals surface area contributed by atoms with Crippen molar-refractivity contribution < 1.29 is 19.4 Å². The topological polar surface area (TPSA) is 92.9 Å². The van der Waals surface area contributed by atoms with Crippen LogP contribution in [0.1, 0.15) is 16.8 Å². The number of nitrogens with two attached hydrogens (primary N) is 1. The van der Waals surface area contributed by atoms with Gasteiger partial charge in [0, 0.05) is 24.7 Å². The molecule has 1 unspecified atom stereocenters. The SMILES string of the molecule is COc1cc(N2CC(CN)CC2=O)ccc1C(=O)O. The molecule has 2 rings (SSSR count). The monoisotopic (exact) mass is 264 g/mol. The van der Waals surface area contributed by atoms with E-state index < -0.39 is 5.97 Å². The van der Waals surface area contributed by atoms with Crippen LogP contribution < -0.4 is 15.4 Å². The van der Waals surface area contributed by atoms with Crippen LogP contribution in [-0.2, 0) is 4.79 Å². The molecule has 19 heavy (non-hydrogen) atoms. The van der Waals surface area contributed by atoms with E-state index in [0.29, 0.717) is 25.2 Å². The quantitative estimate of drug-likeness (QED) is 0.835. The Labute approximate surface area is 110 Å². The molecule has 1 atom stereocenters. The third-order valence-electron chi connectivity index (χ3n) is 3.27. The highest BCUT2D eigenvalue weighted by atomic mass is 16.5. The Morgan fingerprint density at radius 1 is 1.58 bits per heavy atom. The number of hydrogen-bond acceptors (Lipinski definition) is 4. The Kier molecular flexibility index (Phi) is 3.71. The third-order valence-corrected chi connectivity index (χ3v) is 3.27. The number of rotatable bonds is 4. The lowest BCUT2D eigenvalue weighted by Crippen LogP contribution is -2.25. The Hall–Kier alpha value is -2.08. The van der Waals surface area contributed by atoms with Crippen molar-refractivity contribution in [2.45, 2.75) is 6.42 Å². The molecule has 3 N–H and O–H groups in total. The molecule has 0 saturated carbocycles. The molecule has 1 aliphatic rings. The van der Waals surface area contributed by atoms with Gasteiger partial charge >= 0.3 is 5.97 Å². The van der Waals surface area contributed by atoms with Crippen LogP contribution in [0.25, 0.3) is 0 Å². The van der Waals surface area contributed by atoms with Gasteiger partial charge in [0.15, 0.2) is 0 Å². The van der Waals surface area contributed by atoms with Crippen LogP contribution in [0.3, 0.4) is 0 Å². The van der Waals surface area contributed by atoms with Gasteiger partial charge in [-0.2, -0.15) is 0 Å². The average Bonchev–Trinajstić information content (AvgIpc) is 2.79. The molecule has 1 aromatic carbocycles. The molecule has 1 fully saturated rings. The summed E-state index contributed by atoms with van der Waals surface area (Å²) in [5, 5.41) is 9.01. The highest BCUT2D eigenvalue weighted by molar-refractivity contribution is 5.97. The Balaban J connectivity index is 2.31. The number of nitrogens with zero attached hydrogens (tertiary/aromatic N) is 1. The largest absolute Gasteiger partial charge is 0.496 e. The van der Waals surface area contributed by atoms with E-state index >= 15 is 0 Å². The van der Waals surface area contributed by atoms with Crippen LogP contribution in [0, 0.1) is 5.92 Å². The zero-order valence-corrected chi connectivity index (χ0v) is 10.6. The van der Waals surface area contributed by atoms with Crippen molar-refractivity contribution in [1.29, 1.82) is 0 Å². The summed E-state index contributed by atoms with van der Waals surface area (Å²) in [4.78, 5) is 24.5. The van der Waals surface area contributed by atoms with E-state index in [4.69, 9.17) is 15.6 Å². The van der Waals surface area contributed by atoms with E-state index in [1.54, 1.807) is 17.0 Å². The summed E-state index contributed by atoms with van der Waals surface area (Å²) in [5.74, 6) is -0.664. The minimum absolute atomic E-state index is 0.000535. The summed E-state index contributed by atoms with van der Waals surface area (Å²) < 4.78 is 5.05. The zero-order valence-electron chi connectivity index (χ0n) is 10.6. The smallest absolute Gasteiger partial charge is 0.339 e.